The maximum Gasteiger partial charge on any atom is 0.122 e. The van der Waals surface area contributed by atoms with Gasteiger partial charge in [0.15, 0.2) is 0 Å². The van der Waals surface area contributed by atoms with Gasteiger partial charge in [-0.15, -0.1) is 0 Å². The number of rotatable bonds is 0. The van der Waals surface area contributed by atoms with E-state index in [0.717, 1.165) is 25.6 Å². The molecule has 0 saturated carbocycles. The molecule has 1 saturated heterocycles. The number of likely N-dealkylation sites (N-methyl/N-ethyl adjacent to an activating group) is 1. The highest BCUT2D eigenvalue weighted by Crippen LogP contribution is 2.31. The van der Waals surface area contributed by atoms with Crippen LogP contribution < -0.4 is 0 Å². The molecule has 0 N–H and O–H groups in total. The Labute approximate surface area is 78.7 Å². The third-order valence-electron chi connectivity index (χ3n) is 3.37. The molecular weight excluding hydrogens is 162 g/mol. The fraction of sp³-hybridized carbons (Fsp3) is 0.700. The summed E-state index contributed by atoms with van der Waals surface area (Å²) in [6, 6.07) is 0.576. The van der Waals surface area contributed by atoms with Crippen molar-refractivity contribution >= 4 is 5.84 Å². The largest absolute Gasteiger partial charge is 0.365 e. The zero-order valence-corrected chi connectivity index (χ0v) is 7.98. The zero-order valence-electron chi connectivity index (χ0n) is 7.98. The maximum absolute atomic E-state index is 4.63. The molecule has 3 aliphatic heterocycles. The first-order valence-corrected chi connectivity index (χ1v) is 5.06. The average molecular weight is 177 g/mol. The number of hydrogen-bond acceptors (Lipinski definition) is 3. The third kappa shape index (κ3) is 0.929. The monoisotopic (exact) mass is 177 g/mol. The number of hydrogen-bond donors (Lipinski definition) is 0. The molecule has 0 aromatic rings. The fourth-order valence-corrected chi connectivity index (χ4v) is 2.62. The number of nitrogens with zero attached hydrogens (tertiary/aromatic N) is 3. The van der Waals surface area contributed by atoms with Crippen LogP contribution in [0.25, 0.3) is 0 Å². The predicted molar refractivity (Wildman–Crippen MR) is 52.7 cm³/mol. The number of amidine groups is 1. The van der Waals surface area contributed by atoms with Crippen molar-refractivity contribution < 1.29 is 0 Å². The van der Waals surface area contributed by atoms with Crippen LogP contribution in [0.3, 0.4) is 0 Å². The van der Waals surface area contributed by atoms with Crippen LogP contribution >= 0.6 is 0 Å². The molecule has 0 aromatic heterocycles. The van der Waals surface area contributed by atoms with E-state index in [4.69, 9.17) is 0 Å². The highest BCUT2D eigenvalue weighted by molar-refractivity contribution is 5.89. The Morgan fingerprint density at radius 1 is 1.46 bits per heavy atom. The smallest absolute Gasteiger partial charge is 0.122 e. The van der Waals surface area contributed by atoms with Crippen molar-refractivity contribution in [2.45, 2.75) is 12.5 Å². The minimum absolute atomic E-state index is 0.576. The second-order valence-corrected chi connectivity index (χ2v) is 4.14. The van der Waals surface area contributed by atoms with Crippen LogP contribution in [0.15, 0.2) is 17.3 Å². The Balaban J connectivity index is 1.99. The highest BCUT2D eigenvalue weighted by Gasteiger charge is 2.39. The van der Waals surface area contributed by atoms with Crippen molar-refractivity contribution in [2.24, 2.45) is 10.9 Å². The standard InChI is InChI=1S/C10H15N3/c1-12-6-7-13-5-3-8-2-4-11-10(12)9(8)13/h3,5,8-9H,2,4,6-7H2,1H3. The minimum Gasteiger partial charge on any atom is -0.365 e. The van der Waals surface area contributed by atoms with Gasteiger partial charge in [-0.2, -0.15) is 0 Å². The average Bonchev–Trinajstić information content (AvgIpc) is 2.57. The number of piperazine rings is 1. The van der Waals surface area contributed by atoms with Crippen LogP contribution in [0.4, 0.5) is 0 Å². The minimum atomic E-state index is 0.576. The lowest BCUT2D eigenvalue weighted by Crippen LogP contribution is -2.55. The Hall–Kier alpha value is -0.990. The second kappa shape index (κ2) is 2.50. The zero-order chi connectivity index (χ0) is 8.84. The normalized spacial score (nSPS) is 36.2. The summed E-state index contributed by atoms with van der Waals surface area (Å²) >= 11 is 0. The fourth-order valence-electron chi connectivity index (χ4n) is 2.62. The molecule has 2 unspecified atom stereocenters. The van der Waals surface area contributed by atoms with Gasteiger partial charge in [-0.1, -0.05) is 6.08 Å². The van der Waals surface area contributed by atoms with Crippen LogP contribution in [0.5, 0.6) is 0 Å². The van der Waals surface area contributed by atoms with E-state index in [0.29, 0.717) is 6.04 Å². The van der Waals surface area contributed by atoms with Crippen molar-refractivity contribution in [1.29, 1.82) is 0 Å². The number of aliphatic imine (C=N–C) groups is 1. The molecule has 3 heterocycles. The van der Waals surface area contributed by atoms with Gasteiger partial charge in [-0.25, -0.2) is 0 Å². The second-order valence-electron chi connectivity index (χ2n) is 4.14. The van der Waals surface area contributed by atoms with Crippen molar-refractivity contribution in [2.75, 3.05) is 26.7 Å². The Kier molecular flexibility index (Phi) is 1.43. The first-order chi connectivity index (χ1) is 6.36. The van der Waals surface area contributed by atoms with Crippen LogP contribution in [0.1, 0.15) is 6.42 Å². The van der Waals surface area contributed by atoms with E-state index in [9.17, 15) is 0 Å². The summed E-state index contributed by atoms with van der Waals surface area (Å²) in [6.45, 7) is 3.29. The van der Waals surface area contributed by atoms with E-state index in [1.54, 1.807) is 0 Å². The molecule has 13 heavy (non-hydrogen) atoms. The molecule has 3 aliphatic rings. The summed E-state index contributed by atoms with van der Waals surface area (Å²) in [5, 5.41) is 0. The molecule has 0 radical (unpaired) electrons. The van der Waals surface area contributed by atoms with Crippen molar-refractivity contribution in [3.05, 3.63) is 12.3 Å². The molecule has 3 heteroatoms. The lowest BCUT2D eigenvalue weighted by atomic mass is 9.93. The van der Waals surface area contributed by atoms with Crippen LogP contribution in [0.2, 0.25) is 0 Å². The van der Waals surface area contributed by atoms with E-state index in [-0.39, 0.29) is 0 Å². The van der Waals surface area contributed by atoms with Crippen LogP contribution in [0, 0.1) is 5.92 Å². The molecule has 3 rings (SSSR count). The molecule has 0 spiro atoms. The van der Waals surface area contributed by atoms with Crippen molar-refractivity contribution in [3.63, 3.8) is 0 Å². The Morgan fingerprint density at radius 3 is 3.31 bits per heavy atom. The van der Waals surface area contributed by atoms with E-state index in [1.807, 2.05) is 0 Å². The molecule has 1 fully saturated rings. The molecule has 0 amide bonds. The van der Waals surface area contributed by atoms with E-state index >= 15 is 0 Å². The summed E-state index contributed by atoms with van der Waals surface area (Å²) in [4.78, 5) is 9.40. The summed E-state index contributed by atoms with van der Waals surface area (Å²) in [7, 11) is 2.16. The SMILES string of the molecule is CN1CCN2C=CC3CCN=C1C32. The van der Waals surface area contributed by atoms with Gasteiger partial charge >= 0.3 is 0 Å². The van der Waals surface area contributed by atoms with Gasteiger partial charge in [0.2, 0.25) is 0 Å². The van der Waals surface area contributed by atoms with Gasteiger partial charge in [-0.3, -0.25) is 4.99 Å². The third-order valence-corrected chi connectivity index (χ3v) is 3.37. The quantitative estimate of drug-likeness (QED) is 0.538. The molecule has 2 atom stereocenters. The van der Waals surface area contributed by atoms with Crippen molar-refractivity contribution in [1.82, 2.24) is 9.80 Å². The summed E-state index contributed by atoms with van der Waals surface area (Å²) in [5.41, 5.74) is 0. The van der Waals surface area contributed by atoms with Gasteiger partial charge in [0.25, 0.3) is 0 Å². The molecule has 0 aliphatic carbocycles. The molecule has 3 nitrogen and oxygen atoms in total. The highest BCUT2D eigenvalue weighted by atomic mass is 15.3. The molecular formula is C10H15N3. The van der Waals surface area contributed by atoms with Crippen LogP contribution in [-0.2, 0) is 0 Å². The van der Waals surface area contributed by atoms with Crippen molar-refractivity contribution in [3.8, 4) is 0 Å². The topological polar surface area (TPSA) is 18.8 Å². The van der Waals surface area contributed by atoms with E-state index in [2.05, 4.69) is 34.1 Å². The van der Waals surface area contributed by atoms with Gasteiger partial charge in [-0.05, 0) is 12.6 Å². The van der Waals surface area contributed by atoms with Gasteiger partial charge < -0.3 is 9.80 Å². The van der Waals surface area contributed by atoms with Crippen LogP contribution in [-0.4, -0.2) is 48.4 Å². The van der Waals surface area contributed by atoms with E-state index in [1.165, 1.54) is 12.3 Å². The Morgan fingerprint density at radius 2 is 2.38 bits per heavy atom. The van der Waals surface area contributed by atoms with Gasteiger partial charge in [0.05, 0.1) is 6.04 Å². The molecule has 0 bridgehead atoms. The van der Waals surface area contributed by atoms with Gasteiger partial charge in [0.1, 0.15) is 5.84 Å². The lowest BCUT2D eigenvalue weighted by molar-refractivity contribution is 0.225. The van der Waals surface area contributed by atoms with E-state index < -0.39 is 0 Å². The summed E-state index contributed by atoms with van der Waals surface area (Å²) in [5.74, 6) is 2.04. The lowest BCUT2D eigenvalue weighted by Gasteiger charge is -2.42. The predicted octanol–water partition coefficient (Wildman–Crippen LogP) is 0.548. The summed E-state index contributed by atoms with van der Waals surface area (Å²) < 4.78 is 0. The maximum atomic E-state index is 4.63. The molecule has 70 valence electrons. The molecule has 0 aromatic carbocycles. The van der Waals surface area contributed by atoms with Gasteiger partial charge in [0, 0.05) is 32.6 Å². The Bertz CT molecular complexity index is 282. The first-order valence-electron chi connectivity index (χ1n) is 5.06. The first kappa shape index (κ1) is 7.42. The summed E-state index contributed by atoms with van der Waals surface area (Å²) in [6.07, 6.45) is 5.86.